The van der Waals surface area contributed by atoms with E-state index in [2.05, 4.69) is 4.98 Å². The van der Waals surface area contributed by atoms with Crippen LogP contribution in [0.5, 0.6) is 0 Å². The topological polar surface area (TPSA) is 60.7 Å². The van der Waals surface area contributed by atoms with E-state index in [1.807, 2.05) is 13.0 Å². The van der Waals surface area contributed by atoms with Crippen LogP contribution in [-0.2, 0) is 16.1 Å². The zero-order valence-electron chi connectivity index (χ0n) is 12.1. The Bertz CT molecular complexity index is 831. The Hall–Kier alpha value is -1.59. The first-order chi connectivity index (χ1) is 10.2. The van der Waals surface area contributed by atoms with Crippen LogP contribution in [0.1, 0.15) is 24.6 Å². The zero-order valence-corrected chi connectivity index (χ0v) is 13.6. The Morgan fingerprint density at radius 2 is 2.14 bits per heavy atom. The third-order valence-corrected chi connectivity index (χ3v) is 5.04. The molecule has 0 aliphatic heterocycles. The first-order valence-corrected chi connectivity index (χ1v) is 7.52. The quantitative estimate of drug-likeness (QED) is 0.636. The Kier molecular flexibility index (Phi) is 3.45. The fraction of sp³-hybridized carbons (Fsp3) is 0.400. The number of hydrogen-bond acceptors (Lipinski definition) is 4. The summed E-state index contributed by atoms with van der Waals surface area (Å²) in [4.78, 5) is 28.4. The summed E-state index contributed by atoms with van der Waals surface area (Å²) in [6.07, 6.45) is 2.02. The van der Waals surface area contributed by atoms with Crippen LogP contribution >= 0.6 is 23.2 Å². The number of ether oxygens (including phenoxy) is 1. The number of hydrogen-bond donors (Lipinski definition) is 0. The normalized spacial score (nSPS) is 22.5. The monoisotopic (exact) mass is 340 g/mol. The van der Waals surface area contributed by atoms with Crippen molar-refractivity contribution in [2.24, 2.45) is 5.41 Å². The van der Waals surface area contributed by atoms with Gasteiger partial charge >= 0.3 is 5.97 Å². The maximum absolute atomic E-state index is 12.0. The summed E-state index contributed by atoms with van der Waals surface area (Å²) >= 11 is 11.9. The van der Waals surface area contributed by atoms with Crippen molar-refractivity contribution in [3.05, 3.63) is 46.0 Å². The minimum Gasteiger partial charge on any atom is -0.459 e. The van der Waals surface area contributed by atoms with Gasteiger partial charge in [0.25, 0.3) is 5.56 Å². The molecule has 1 unspecified atom stereocenters. The SMILES string of the molecule is Cc1ccn2c(=O)cc(COC(=O)C3(C)CC3(Cl)Cl)nc2c1. The second-order valence-corrected chi connectivity index (χ2v) is 7.29. The van der Waals surface area contributed by atoms with Crippen molar-refractivity contribution in [3.8, 4) is 0 Å². The molecule has 1 saturated carbocycles. The van der Waals surface area contributed by atoms with Crippen LogP contribution in [0, 0.1) is 12.3 Å². The third-order valence-electron chi connectivity index (χ3n) is 3.94. The summed E-state index contributed by atoms with van der Waals surface area (Å²) in [7, 11) is 0. The van der Waals surface area contributed by atoms with Gasteiger partial charge in [-0.3, -0.25) is 14.0 Å². The summed E-state index contributed by atoms with van der Waals surface area (Å²) in [6.45, 7) is 3.48. The van der Waals surface area contributed by atoms with Crippen LogP contribution in [0.15, 0.2) is 29.2 Å². The highest BCUT2D eigenvalue weighted by atomic mass is 35.5. The van der Waals surface area contributed by atoms with Gasteiger partial charge in [0.2, 0.25) is 0 Å². The van der Waals surface area contributed by atoms with Crippen molar-refractivity contribution in [1.82, 2.24) is 9.38 Å². The molecule has 1 atom stereocenters. The first-order valence-electron chi connectivity index (χ1n) is 6.77. The lowest BCUT2D eigenvalue weighted by Crippen LogP contribution is -2.22. The number of carbonyl (C=O) groups is 1. The van der Waals surface area contributed by atoms with Crippen LogP contribution in [0.25, 0.3) is 5.65 Å². The second-order valence-electron chi connectivity index (χ2n) is 5.81. The summed E-state index contributed by atoms with van der Waals surface area (Å²) in [5.41, 5.74) is 0.778. The number of nitrogens with zero attached hydrogens (tertiary/aromatic N) is 2. The van der Waals surface area contributed by atoms with Gasteiger partial charge in [-0.2, -0.15) is 0 Å². The molecular formula is C15H14Cl2N2O3. The Morgan fingerprint density at radius 3 is 2.77 bits per heavy atom. The molecule has 2 heterocycles. The maximum Gasteiger partial charge on any atom is 0.315 e. The minimum absolute atomic E-state index is 0.0854. The van der Waals surface area contributed by atoms with Crippen molar-refractivity contribution < 1.29 is 9.53 Å². The maximum atomic E-state index is 12.0. The molecule has 3 rings (SSSR count). The van der Waals surface area contributed by atoms with Crippen LogP contribution in [0.4, 0.5) is 0 Å². The number of halogens is 2. The number of aromatic nitrogens is 2. The van der Waals surface area contributed by atoms with Crippen molar-refractivity contribution in [2.75, 3.05) is 0 Å². The largest absolute Gasteiger partial charge is 0.459 e. The highest BCUT2D eigenvalue weighted by Crippen LogP contribution is 2.64. The van der Waals surface area contributed by atoms with Gasteiger partial charge < -0.3 is 4.74 Å². The van der Waals surface area contributed by atoms with E-state index in [9.17, 15) is 9.59 Å². The van der Waals surface area contributed by atoms with Gasteiger partial charge in [0.1, 0.15) is 22.0 Å². The van der Waals surface area contributed by atoms with Crippen LogP contribution in [0.2, 0.25) is 0 Å². The van der Waals surface area contributed by atoms with E-state index in [4.69, 9.17) is 27.9 Å². The number of esters is 1. The minimum atomic E-state index is -1.07. The highest BCUT2D eigenvalue weighted by molar-refractivity contribution is 6.53. The van der Waals surface area contributed by atoms with E-state index in [1.54, 1.807) is 19.2 Å². The molecule has 1 aliphatic carbocycles. The fourth-order valence-electron chi connectivity index (χ4n) is 2.25. The number of fused-ring (bicyclic) bond motifs is 1. The smallest absolute Gasteiger partial charge is 0.315 e. The van der Waals surface area contributed by atoms with Crippen LogP contribution in [-0.4, -0.2) is 19.7 Å². The molecule has 0 saturated heterocycles. The van der Waals surface area contributed by atoms with Gasteiger partial charge in [0.15, 0.2) is 0 Å². The fourth-order valence-corrected chi connectivity index (χ4v) is 2.94. The summed E-state index contributed by atoms with van der Waals surface area (Å²) in [6, 6.07) is 4.96. The van der Waals surface area contributed by atoms with E-state index in [1.165, 1.54) is 10.5 Å². The summed E-state index contributed by atoms with van der Waals surface area (Å²) in [5.74, 6) is -0.483. The Morgan fingerprint density at radius 1 is 1.45 bits per heavy atom. The lowest BCUT2D eigenvalue weighted by atomic mass is 10.1. The molecule has 0 amide bonds. The summed E-state index contributed by atoms with van der Waals surface area (Å²) < 4.78 is 5.57. The standard InChI is InChI=1S/C15H14Cl2N2O3/c1-9-3-4-19-11(5-9)18-10(6-12(19)20)7-22-13(21)14(2)8-15(14,16)17/h3-6H,7-8H2,1-2H3. The lowest BCUT2D eigenvalue weighted by molar-refractivity contribution is -0.151. The molecule has 7 heteroatoms. The number of pyridine rings is 1. The Labute approximate surface area is 136 Å². The molecular weight excluding hydrogens is 327 g/mol. The average Bonchev–Trinajstić information content (AvgIpc) is 2.95. The van der Waals surface area contributed by atoms with Crippen molar-refractivity contribution in [3.63, 3.8) is 0 Å². The molecule has 116 valence electrons. The molecule has 2 aromatic rings. The van der Waals surface area contributed by atoms with Crippen molar-refractivity contribution >= 4 is 34.8 Å². The molecule has 0 radical (unpaired) electrons. The van der Waals surface area contributed by atoms with Crippen molar-refractivity contribution in [1.29, 1.82) is 0 Å². The molecule has 5 nitrogen and oxygen atoms in total. The molecule has 0 aromatic carbocycles. The number of aryl methyl sites for hydroxylation is 1. The molecule has 22 heavy (non-hydrogen) atoms. The van der Waals surface area contributed by atoms with Gasteiger partial charge in [0.05, 0.1) is 5.69 Å². The zero-order chi connectivity index (χ0) is 16.1. The van der Waals surface area contributed by atoms with Crippen molar-refractivity contribution in [2.45, 2.75) is 31.2 Å². The Balaban J connectivity index is 1.80. The van der Waals surface area contributed by atoms with Crippen LogP contribution in [0.3, 0.4) is 0 Å². The predicted octanol–water partition coefficient (Wildman–Crippen LogP) is 2.63. The van der Waals surface area contributed by atoms with E-state index in [-0.39, 0.29) is 12.2 Å². The first kappa shape index (κ1) is 15.3. The number of rotatable bonds is 3. The molecule has 1 aliphatic rings. The van der Waals surface area contributed by atoms with E-state index in [0.717, 1.165) is 5.56 Å². The molecule has 1 fully saturated rings. The second kappa shape index (κ2) is 4.96. The molecule has 0 bridgehead atoms. The number of alkyl halides is 2. The van der Waals surface area contributed by atoms with Crippen LogP contribution < -0.4 is 5.56 Å². The average molecular weight is 341 g/mol. The highest BCUT2D eigenvalue weighted by Gasteiger charge is 2.69. The van der Waals surface area contributed by atoms with E-state index < -0.39 is 15.7 Å². The van der Waals surface area contributed by atoms with Gasteiger partial charge in [0, 0.05) is 18.7 Å². The van der Waals surface area contributed by atoms with Gasteiger partial charge in [-0.05, 0) is 31.5 Å². The summed E-state index contributed by atoms with van der Waals surface area (Å²) in [5, 5.41) is 0. The molecule has 2 aromatic heterocycles. The van der Waals surface area contributed by atoms with E-state index >= 15 is 0 Å². The van der Waals surface area contributed by atoms with Gasteiger partial charge in [-0.25, -0.2) is 4.98 Å². The molecule has 0 N–H and O–H groups in total. The lowest BCUT2D eigenvalue weighted by Gasteiger charge is -2.11. The number of carbonyl (C=O) groups excluding carboxylic acids is 1. The molecule has 0 spiro atoms. The third kappa shape index (κ3) is 2.48. The van der Waals surface area contributed by atoms with Gasteiger partial charge in [-0.15, -0.1) is 23.2 Å². The van der Waals surface area contributed by atoms with E-state index in [0.29, 0.717) is 17.8 Å². The predicted molar refractivity (Wildman–Crippen MR) is 83.2 cm³/mol. The van der Waals surface area contributed by atoms with Gasteiger partial charge in [-0.1, -0.05) is 0 Å².